The molecular weight excluding hydrogens is 220 g/mol. The van der Waals surface area contributed by atoms with Gasteiger partial charge in [0, 0.05) is 5.75 Å². The summed E-state index contributed by atoms with van der Waals surface area (Å²) in [5, 5.41) is 19.4. The monoisotopic (exact) mass is 240 g/mol. The molecule has 1 aromatic rings. The van der Waals surface area contributed by atoms with Crippen molar-refractivity contribution in [1.29, 1.82) is 0 Å². The second-order valence-electron chi connectivity index (χ2n) is 5.07. The quantitative estimate of drug-likeness (QED) is 0.710. The fourth-order valence-corrected chi connectivity index (χ4v) is 1.71. The average Bonchev–Trinajstić information content (AvgIpc) is 2.26. The molecule has 1 aromatic carbocycles. The van der Waals surface area contributed by atoms with Crippen LogP contribution in [0.25, 0.3) is 0 Å². The molecule has 2 unspecified atom stereocenters. The molecule has 2 atom stereocenters. The molecule has 1 rings (SSSR count). The molecular formula is C13H20O2S. The molecule has 0 aliphatic rings. The molecule has 16 heavy (non-hydrogen) atoms. The van der Waals surface area contributed by atoms with Gasteiger partial charge < -0.3 is 10.2 Å². The Bertz CT molecular complexity index is 344. The summed E-state index contributed by atoms with van der Waals surface area (Å²) in [4.78, 5) is 0. The molecule has 0 aromatic heterocycles. The first-order valence-corrected chi connectivity index (χ1v) is 6.07. The summed E-state index contributed by atoms with van der Waals surface area (Å²) in [6.07, 6.45) is -1.68. The van der Waals surface area contributed by atoms with Gasteiger partial charge in [-0.1, -0.05) is 45.0 Å². The van der Waals surface area contributed by atoms with Crippen LogP contribution >= 0.6 is 12.6 Å². The third-order valence-electron chi connectivity index (χ3n) is 2.65. The fraction of sp³-hybridized carbons (Fsp3) is 0.538. The van der Waals surface area contributed by atoms with Crippen LogP contribution in [0, 0.1) is 0 Å². The number of aliphatic hydroxyl groups excluding tert-OH is 2. The lowest BCUT2D eigenvalue weighted by Gasteiger charge is -2.22. The van der Waals surface area contributed by atoms with E-state index in [0.29, 0.717) is 0 Å². The zero-order valence-corrected chi connectivity index (χ0v) is 10.9. The minimum absolute atomic E-state index is 0.0433. The summed E-state index contributed by atoms with van der Waals surface area (Å²) in [7, 11) is 0. The van der Waals surface area contributed by atoms with E-state index in [1.165, 1.54) is 0 Å². The van der Waals surface area contributed by atoms with Crippen molar-refractivity contribution in [3.63, 3.8) is 0 Å². The molecule has 0 bridgehead atoms. The maximum absolute atomic E-state index is 9.88. The van der Waals surface area contributed by atoms with Crippen molar-refractivity contribution in [2.24, 2.45) is 0 Å². The minimum Gasteiger partial charge on any atom is -0.389 e. The van der Waals surface area contributed by atoms with Gasteiger partial charge in [0.2, 0.25) is 0 Å². The smallest absolute Gasteiger partial charge is 0.106 e. The van der Waals surface area contributed by atoms with Crippen LogP contribution < -0.4 is 0 Å². The molecule has 0 radical (unpaired) electrons. The largest absolute Gasteiger partial charge is 0.389 e. The van der Waals surface area contributed by atoms with Crippen LogP contribution in [0.4, 0.5) is 0 Å². The van der Waals surface area contributed by atoms with Gasteiger partial charge in [0.05, 0.1) is 6.10 Å². The van der Waals surface area contributed by atoms with Gasteiger partial charge in [-0.3, -0.25) is 0 Å². The molecule has 2 N–H and O–H groups in total. The molecule has 0 amide bonds. The lowest BCUT2D eigenvalue weighted by Crippen LogP contribution is -2.20. The zero-order chi connectivity index (χ0) is 12.3. The summed E-state index contributed by atoms with van der Waals surface area (Å²) >= 11 is 3.98. The third-order valence-corrected chi connectivity index (χ3v) is 3.02. The van der Waals surface area contributed by atoms with Gasteiger partial charge in [0.1, 0.15) is 6.10 Å². The summed E-state index contributed by atoms with van der Waals surface area (Å²) in [6.45, 7) is 6.36. The van der Waals surface area contributed by atoms with Gasteiger partial charge in [-0.15, -0.1) is 0 Å². The van der Waals surface area contributed by atoms with Gasteiger partial charge >= 0.3 is 0 Å². The number of hydrogen-bond acceptors (Lipinski definition) is 3. The highest BCUT2D eigenvalue weighted by atomic mass is 32.1. The van der Waals surface area contributed by atoms with E-state index < -0.39 is 12.2 Å². The second-order valence-corrected chi connectivity index (χ2v) is 5.44. The van der Waals surface area contributed by atoms with E-state index in [2.05, 4.69) is 33.4 Å². The van der Waals surface area contributed by atoms with Crippen LogP contribution in [0.15, 0.2) is 24.3 Å². The predicted molar refractivity (Wildman–Crippen MR) is 70.0 cm³/mol. The molecule has 0 aliphatic carbocycles. The van der Waals surface area contributed by atoms with Crippen molar-refractivity contribution in [1.82, 2.24) is 0 Å². The van der Waals surface area contributed by atoms with Crippen LogP contribution in [-0.4, -0.2) is 22.1 Å². The maximum atomic E-state index is 9.88. The van der Waals surface area contributed by atoms with Gasteiger partial charge in [0.15, 0.2) is 0 Å². The predicted octanol–water partition coefficient (Wildman–Crippen LogP) is 2.31. The first kappa shape index (κ1) is 13.6. The van der Waals surface area contributed by atoms with Crippen molar-refractivity contribution < 1.29 is 10.2 Å². The van der Waals surface area contributed by atoms with E-state index in [1.807, 2.05) is 24.3 Å². The number of thiol groups is 1. The average molecular weight is 240 g/mol. The molecule has 0 saturated heterocycles. The van der Waals surface area contributed by atoms with Crippen molar-refractivity contribution in [2.75, 3.05) is 5.75 Å². The molecule has 0 aliphatic heterocycles. The van der Waals surface area contributed by atoms with Crippen LogP contribution in [0.1, 0.15) is 38.0 Å². The molecule has 0 heterocycles. The van der Waals surface area contributed by atoms with Gasteiger partial charge in [-0.25, -0.2) is 0 Å². The Morgan fingerprint density at radius 2 is 1.88 bits per heavy atom. The Labute approximate surface area is 103 Å². The Kier molecular flexibility index (Phi) is 4.42. The summed E-state index contributed by atoms with van der Waals surface area (Å²) in [5.41, 5.74) is 1.94. The fourth-order valence-electron chi connectivity index (χ4n) is 1.51. The second kappa shape index (κ2) is 5.21. The van der Waals surface area contributed by atoms with Gasteiger partial charge in [-0.2, -0.15) is 12.6 Å². The van der Waals surface area contributed by atoms with Crippen molar-refractivity contribution in [3.05, 3.63) is 35.4 Å². The van der Waals surface area contributed by atoms with Crippen LogP contribution in [0.2, 0.25) is 0 Å². The number of hydrogen-bond donors (Lipinski definition) is 3. The van der Waals surface area contributed by atoms with E-state index in [0.717, 1.165) is 11.1 Å². The summed E-state index contributed by atoms with van der Waals surface area (Å²) < 4.78 is 0. The Morgan fingerprint density at radius 3 is 2.38 bits per heavy atom. The van der Waals surface area contributed by atoms with Crippen LogP contribution in [0.5, 0.6) is 0 Å². The van der Waals surface area contributed by atoms with Crippen LogP contribution in [-0.2, 0) is 5.41 Å². The number of aliphatic hydroxyl groups is 2. The summed E-state index contributed by atoms with van der Waals surface area (Å²) in [5.74, 6) is 0.251. The Balaban J connectivity index is 2.99. The highest BCUT2D eigenvalue weighted by molar-refractivity contribution is 7.80. The minimum atomic E-state index is -0.861. The van der Waals surface area contributed by atoms with E-state index in [9.17, 15) is 10.2 Å². The molecule has 0 saturated carbocycles. The number of benzene rings is 1. The molecule has 3 heteroatoms. The van der Waals surface area contributed by atoms with Crippen molar-refractivity contribution >= 4 is 12.6 Å². The normalized spacial score (nSPS) is 15.9. The lowest BCUT2D eigenvalue weighted by molar-refractivity contribution is 0.0337. The first-order valence-electron chi connectivity index (χ1n) is 5.43. The van der Waals surface area contributed by atoms with E-state index >= 15 is 0 Å². The van der Waals surface area contributed by atoms with Crippen LogP contribution in [0.3, 0.4) is 0 Å². The number of rotatable bonds is 3. The highest BCUT2D eigenvalue weighted by Crippen LogP contribution is 2.26. The molecule has 90 valence electrons. The van der Waals surface area contributed by atoms with E-state index in [4.69, 9.17) is 0 Å². The first-order chi connectivity index (χ1) is 7.36. The summed E-state index contributed by atoms with van der Waals surface area (Å²) in [6, 6.07) is 7.71. The molecule has 0 fully saturated rings. The highest BCUT2D eigenvalue weighted by Gasteiger charge is 2.19. The van der Waals surface area contributed by atoms with E-state index in [1.54, 1.807) is 0 Å². The standard InChI is InChI=1S/C13H20O2S/c1-13(2,3)10-6-4-5-9(7-10)12(15)11(14)8-16/h4-7,11-12,14-16H,8H2,1-3H3. The maximum Gasteiger partial charge on any atom is 0.106 e. The van der Waals surface area contributed by atoms with Crippen molar-refractivity contribution in [3.8, 4) is 0 Å². The topological polar surface area (TPSA) is 40.5 Å². The molecule has 2 nitrogen and oxygen atoms in total. The third kappa shape index (κ3) is 3.24. The van der Waals surface area contributed by atoms with Crippen molar-refractivity contribution in [2.45, 2.75) is 38.4 Å². The SMILES string of the molecule is CC(C)(C)c1cccc(C(O)C(O)CS)c1. The Hall–Kier alpha value is -0.510. The van der Waals surface area contributed by atoms with Gasteiger partial charge in [-0.05, 0) is 16.5 Å². The Morgan fingerprint density at radius 1 is 1.25 bits per heavy atom. The zero-order valence-electron chi connectivity index (χ0n) is 10.0. The lowest BCUT2D eigenvalue weighted by atomic mass is 9.85. The van der Waals surface area contributed by atoms with E-state index in [-0.39, 0.29) is 11.2 Å². The molecule has 0 spiro atoms. The van der Waals surface area contributed by atoms with Gasteiger partial charge in [0.25, 0.3) is 0 Å².